The van der Waals surface area contributed by atoms with E-state index in [4.69, 9.17) is 0 Å². The standard InChI is InChI=1S/C13H14F3NO2/c1-3-8-17-12(2,11(18)19)9-4-6-10(7-5-9)13(14,15)16/h3-7,17H,1,8H2,2H3,(H,18,19). The molecule has 0 radical (unpaired) electrons. The van der Waals surface area contributed by atoms with E-state index in [2.05, 4.69) is 11.9 Å². The van der Waals surface area contributed by atoms with Crippen LogP contribution in [0.25, 0.3) is 0 Å². The van der Waals surface area contributed by atoms with Crippen molar-refractivity contribution >= 4 is 5.97 Å². The van der Waals surface area contributed by atoms with E-state index >= 15 is 0 Å². The Kier molecular flexibility index (Phi) is 4.36. The Labute approximate surface area is 108 Å². The van der Waals surface area contributed by atoms with Gasteiger partial charge in [-0.05, 0) is 24.6 Å². The number of carboxylic acid groups (broad SMARTS) is 1. The van der Waals surface area contributed by atoms with Crippen LogP contribution in [0.15, 0.2) is 36.9 Å². The van der Waals surface area contributed by atoms with Gasteiger partial charge in [0.15, 0.2) is 0 Å². The van der Waals surface area contributed by atoms with E-state index < -0.39 is 23.2 Å². The molecule has 0 amide bonds. The second kappa shape index (κ2) is 5.44. The molecular formula is C13H14F3NO2. The molecule has 1 aromatic rings. The zero-order valence-electron chi connectivity index (χ0n) is 10.3. The minimum atomic E-state index is -4.44. The Morgan fingerprint density at radius 1 is 1.32 bits per heavy atom. The van der Waals surface area contributed by atoms with Gasteiger partial charge in [0.05, 0.1) is 5.56 Å². The first-order valence-corrected chi connectivity index (χ1v) is 5.49. The van der Waals surface area contributed by atoms with E-state index in [0.29, 0.717) is 0 Å². The quantitative estimate of drug-likeness (QED) is 0.811. The molecule has 6 heteroatoms. The lowest BCUT2D eigenvalue weighted by molar-refractivity contribution is -0.144. The topological polar surface area (TPSA) is 49.3 Å². The fourth-order valence-electron chi connectivity index (χ4n) is 1.57. The zero-order valence-corrected chi connectivity index (χ0v) is 10.3. The van der Waals surface area contributed by atoms with Gasteiger partial charge in [-0.25, -0.2) is 4.79 Å². The van der Waals surface area contributed by atoms with Crippen molar-refractivity contribution < 1.29 is 23.1 Å². The predicted octanol–water partition coefficient (Wildman–Crippen LogP) is 2.78. The van der Waals surface area contributed by atoms with Gasteiger partial charge in [0.2, 0.25) is 0 Å². The summed E-state index contributed by atoms with van der Waals surface area (Å²) in [6.45, 7) is 5.08. The van der Waals surface area contributed by atoms with Crippen molar-refractivity contribution in [2.24, 2.45) is 0 Å². The van der Waals surface area contributed by atoms with Gasteiger partial charge >= 0.3 is 12.1 Å². The number of benzene rings is 1. The Morgan fingerprint density at radius 2 is 1.79 bits per heavy atom. The smallest absolute Gasteiger partial charge is 0.416 e. The number of aliphatic carboxylic acids is 1. The maximum absolute atomic E-state index is 12.4. The van der Waals surface area contributed by atoms with Crippen LogP contribution in [-0.4, -0.2) is 17.6 Å². The number of alkyl halides is 3. The van der Waals surface area contributed by atoms with Crippen LogP contribution in [0.2, 0.25) is 0 Å². The second-order valence-corrected chi connectivity index (χ2v) is 4.17. The molecule has 0 fully saturated rings. The molecule has 0 spiro atoms. The largest absolute Gasteiger partial charge is 0.480 e. The molecule has 0 aromatic heterocycles. The first-order chi connectivity index (χ1) is 8.71. The average Bonchev–Trinajstić information content (AvgIpc) is 2.34. The average molecular weight is 273 g/mol. The van der Waals surface area contributed by atoms with E-state index in [0.717, 1.165) is 24.3 Å². The van der Waals surface area contributed by atoms with Gasteiger partial charge in [-0.1, -0.05) is 18.2 Å². The molecule has 0 saturated heterocycles. The third-order valence-corrected chi connectivity index (χ3v) is 2.82. The molecule has 1 aromatic carbocycles. The molecule has 0 aliphatic carbocycles. The van der Waals surface area contributed by atoms with Gasteiger partial charge in [-0.3, -0.25) is 5.32 Å². The van der Waals surface area contributed by atoms with Crippen molar-refractivity contribution in [2.45, 2.75) is 18.6 Å². The van der Waals surface area contributed by atoms with Crippen LogP contribution in [0.5, 0.6) is 0 Å². The summed E-state index contributed by atoms with van der Waals surface area (Å²) >= 11 is 0. The molecule has 2 N–H and O–H groups in total. The van der Waals surface area contributed by atoms with Crippen LogP contribution in [0.4, 0.5) is 13.2 Å². The van der Waals surface area contributed by atoms with Gasteiger partial charge in [-0.15, -0.1) is 6.58 Å². The third-order valence-electron chi connectivity index (χ3n) is 2.82. The van der Waals surface area contributed by atoms with Crippen molar-refractivity contribution in [3.63, 3.8) is 0 Å². The Morgan fingerprint density at radius 3 is 2.16 bits per heavy atom. The molecule has 0 aliphatic heterocycles. The summed E-state index contributed by atoms with van der Waals surface area (Å²) < 4.78 is 37.3. The van der Waals surface area contributed by atoms with Crippen molar-refractivity contribution in [3.05, 3.63) is 48.0 Å². The molecule has 0 aliphatic rings. The van der Waals surface area contributed by atoms with Gasteiger partial charge in [0.25, 0.3) is 0 Å². The molecular weight excluding hydrogens is 259 g/mol. The molecule has 1 unspecified atom stereocenters. The van der Waals surface area contributed by atoms with Gasteiger partial charge in [0.1, 0.15) is 5.54 Å². The van der Waals surface area contributed by atoms with Crippen molar-refractivity contribution in [2.75, 3.05) is 6.54 Å². The first kappa shape index (κ1) is 15.2. The summed E-state index contributed by atoms with van der Waals surface area (Å²) in [7, 11) is 0. The first-order valence-electron chi connectivity index (χ1n) is 5.49. The van der Waals surface area contributed by atoms with Crippen molar-refractivity contribution in [1.82, 2.24) is 5.32 Å². The van der Waals surface area contributed by atoms with Crippen molar-refractivity contribution in [3.8, 4) is 0 Å². The maximum Gasteiger partial charge on any atom is 0.416 e. The van der Waals surface area contributed by atoms with Crippen LogP contribution in [0.3, 0.4) is 0 Å². The molecule has 1 atom stereocenters. The summed E-state index contributed by atoms with van der Waals surface area (Å²) in [5, 5.41) is 11.9. The molecule has 0 saturated carbocycles. The van der Waals surface area contributed by atoms with Crippen LogP contribution in [0.1, 0.15) is 18.1 Å². The molecule has 0 bridgehead atoms. The number of carboxylic acids is 1. The second-order valence-electron chi connectivity index (χ2n) is 4.17. The van der Waals surface area contributed by atoms with Crippen molar-refractivity contribution in [1.29, 1.82) is 0 Å². The maximum atomic E-state index is 12.4. The number of hydrogen-bond acceptors (Lipinski definition) is 2. The lowest BCUT2D eigenvalue weighted by Crippen LogP contribution is -2.46. The molecule has 1 rings (SSSR count). The van der Waals surface area contributed by atoms with E-state index in [1.165, 1.54) is 13.0 Å². The summed E-state index contributed by atoms with van der Waals surface area (Å²) in [5.41, 5.74) is -2.03. The highest BCUT2D eigenvalue weighted by molar-refractivity contribution is 5.80. The Balaban J connectivity index is 3.11. The molecule has 0 heterocycles. The van der Waals surface area contributed by atoms with Gasteiger partial charge in [-0.2, -0.15) is 13.2 Å². The van der Waals surface area contributed by atoms with E-state index in [1.54, 1.807) is 0 Å². The predicted molar refractivity (Wildman–Crippen MR) is 64.6 cm³/mol. The molecule has 3 nitrogen and oxygen atoms in total. The SMILES string of the molecule is C=CCNC(C)(C(=O)O)c1ccc(C(F)(F)F)cc1. The summed E-state index contributed by atoms with van der Waals surface area (Å²) in [4.78, 5) is 11.3. The monoisotopic (exact) mass is 273 g/mol. The summed E-state index contributed by atoms with van der Waals surface area (Å²) in [5.74, 6) is -1.17. The fourth-order valence-corrected chi connectivity index (χ4v) is 1.57. The number of hydrogen-bond donors (Lipinski definition) is 2. The molecule has 104 valence electrons. The highest BCUT2D eigenvalue weighted by Crippen LogP contribution is 2.31. The summed E-state index contributed by atoms with van der Waals surface area (Å²) in [6, 6.07) is 4.05. The zero-order chi connectivity index (χ0) is 14.7. The Bertz CT molecular complexity index is 468. The minimum absolute atomic E-state index is 0.226. The van der Waals surface area contributed by atoms with E-state index in [9.17, 15) is 23.1 Å². The van der Waals surface area contributed by atoms with Crippen LogP contribution >= 0.6 is 0 Å². The van der Waals surface area contributed by atoms with Gasteiger partial charge in [0, 0.05) is 6.54 Å². The highest BCUT2D eigenvalue weighted by atomic mass is 19.4. The van der Waals surface area contributed by atoms with Crippen LogP contribution in [-0.2, 0) is 16.5 Å². The Hall–Kier alpha value is -1.82. The summed E-state index contributed by atoms with van der Waals surface area (Å²) in [6.07, 6.45) is -2.96. The van der Waals surface area contributed by atoms with Gasteiger partial charge < -0.3 is 5.11 Å². The number of halogens is 3. The number of nitrogens with one attached hydrogen (secondary N) is 1. The van der Waals surface area contributed by atoms with Crippen LogP contribution < -0.4 is 5.32 Å². The van der Waals surface area contributed by atoms with E-state index in [1.807, 2.05) is 0 Å². The fraction of sp³-hybridized carbons (Fsp3) is 0.308. The van der Waals surface area contributed by atoms with Crippen LogP contribution in [0, 0.1) is 0 Å². The normalized spacial score (nSPS) is 14.7. The number of rotatable bonds is 5. The number of carbonyl (C=O) groups is 1. The highest BCUT2D eigenvalue weighted by Gasteiger charge is 2.36. The van der Waals surface area contributed by atoms with E-state index in [-0.39, 0.29) is 12.1 Å². The molecule has 19 heavy (non-hydrogen) atoms. The minimum Gasteiger partial charge on any atom is -0.480 e. The lowest BCUT2D eigenvalue weighted by Gasteiger charge is -2.26. The third kappa shape index (κ3) is 3.35. The lowest BCUT2D eigenvalue weighted by atomic mass is 9.91.